The highest BCUT2D eigenvalue weighted by Gasteiger charge is 2.23. The molecular formula is C18H24N8O3. The molecular weight excluding hydrogens is 376 g/mol. The summed E-state index contributed by atoms with van der Waals surface area (Å²) in [5.41, 5.74) is -0.336. The molecule has 4 heterocycles. The monoisotopic (exact) mass is 400 g/mol. The number of carbonyl (C=O) groups is 1. The average Bonchev–Trinajstić information content (AvgIpc) is 3.39. The van der Waals surface area contributed by atoms with Crippen molar-refractivity contribution in [3.63, 3.8) is 0 Å². The van der Waals surface area contributed by atoms with Crippen LogP contribution in [0.1, 0.15) is 0 Å². The van der Waals surface area contributed by atoms with E-state index in [-0.39, 0.29) is 23.6 Å². The van der Waals surface area contributed by atoms with Crippen LogP contribution in [-0.2, 0) is 32.0 Å². The van der Waals surface area contributed by atoms with E-state index in [1.54, 1.807) is 13.2 Å². The van der Waals surface area contributed by atoms with Gasteiger partial charge in [-0.3, -0.25) is 28.3 Å². The fourth-order valence-corrected chi connectivity index (χ4v) is 3.66. The van der Waals surface area contributed by atoms with Gasteiger partial charge >= 0.3 is 5.69 Å². The highest BCUT2D eigenvalue weighted by atomic mass is 16.2. The Labute approximate surface area is 166 Å². The van der Waals surface area contributed by atoms with Crippen LogP contribution in [0, 0.1) is 0 Å². The van der Waals surface area contributed by atoms with Gasteiger partial charge in [0.05, 0.1) is 12.9 Å². The standard InChI is InChI=1S/C18H24N8O3/c1-21-16-15(17(28)22(2)18(21)29)25(13-19-16)12-14(27)24-9-6-23(7-10-24)8-11-26-5-3-4-20-26/h3-5,13H,6-12H2,1-2H3. The van der Waals surface area contributed by atoms with Crippen LogP contribution < -0.4 is 11.2 Å². The Kier molecular flexibility index (Phi) is 5.05. The Bertz CT molecular complexity index is 1130. The van der Waals surface area contributed by atoms with E-state index in [1.165, 1.54) is 22.5 Å². The number of amides is 1. The van der Waals surface area contributed by atoms with Gasteiger partial charge in [-0.25, -0.2) is 9.78 Å². The van der Waals surface area contributed by atoms with E-state index in [9.17, 15) is 14.4 Å². The van der Waals surface area contributed by atoms with Crippen molar-refractivity contribution in [3.05, 3.63) is 45.6 Å². The van der Waals surface area contributed by atoms with Crippen LogP contribution in [0.15, 0.2) is 34.4 Å². The summed E-state index contributed by atoms with van der Waals surface area (Å²) in [6, 6.07) is 1.90. The Balaban J connectivity index is 1.40. The van der Waals surface area contributed by atoms with Crippen molar-refractivity contribution < 1.29 is 4.79 Å². The molecule has 29 heavy (non-hydrogen) atoms. The lowest BCUT2D eigenvalue weighted by Crippen LogP contribution is -2.50. The molecule has 0 unspecified atom stereocenters. The van der Waals surface area contributed by atoms with Crippen LogP contribution in [-0.4, -0.2) is 76.9 Å². The molecule has 154 valence electrons. The number of fused-ring (bicyclic) bond motifs is 1. The zero-order valence-electron chi connectivity index (χ0n) is 16.6. The number of hydrogen-bond donors (Lipinski definition) is 0. The SMILES string of the molecule is Cn1c(=O)c2c(ncn2CC(=O)N2CCN(CCn3cccn3)CC2)n(C)c1=O. The molecule has 1 amide bonds. The second-order valence-corrected chi connectivity index (χ2v) is 7.24. The molecule has 1 aliphatic heterocycles. The zero-order valence-corrected chi connectivity index (χ0v) is 16.6. The predicted molar refractivity (Wildman–Crippen MR) is 105 cm³/mol. The van der Waals surface area contributed by atoms with Crippen LogP contribution in [0.4, 0.5) is 0 Å². The van der Waals surface area contributed by atoms with Gasteiger partial charge in [0, 0.05) is 59.2 Å². The molecule has 0 aromatic carbocycles. The molecule has 4 rings (SSSR count). The first-order valence-corrected chi connectivity index (χ1v) is 9.54. The van der Waals surface area contributed by atoms with Gasteiger partial charge in [-0.2, -0.15) is 5.10 Å². The first-order valence-electron chi connectivity index (χ1n) is 9.54. The van der Waals surface area contributed by atoms with Crippen LogP contribution in [0.3, 0.4) is 0 Å². The number of piperazine rings is 1. The molecule has 3 aromatic heterocycles. The van der Waals surface area contributed by atoms with Gasteiger partial charge in [-0.15, -0.1) is 0 Å². The van der Waals surface area contributed by atoms with Crippen molar-refractivity contribution in [3.8, 4) is 0 Å². The number of aromatic nitrogens is 6. The molecule has 1 fully saturated rings. The summed E-state index contributed by atoms with van der Waals surface area (Å²) in [6.45, 7) is 4.62. The van der Waals surface area contributed by atoms with E-state index in [1.807, 2.05) is 21.8 Å². The van der Waals surface area contributed by atoms with Gasteiger partial charge in [-0.1, -0.05) is 0 Å². The zero-order chi connectivity index (χ0) is 20.5. The molecule has 0 bridgehead atoms. The van der Waals surface area contributed by atoms with Gasteiger partial charge in [0.15, 0.2) is 11.2 Å². The van der Waals surface area contributed by atoms with Crippen molar-refractivity contribution in [2.24, 2.45) is 14.1 Å². The van der Waals surface area contributed by atoms with Crippen LogP contribution >= 0.6 is 0 Å². The first-order chi connectivity index (χ1) is 14.0. The van der Waals surface area contributed by atoms with Crippen molar-refractivity contribution in [1.82, 2.24) is 38.3 Å². The Morgan fingerprint density at radius 3 is 2.52 bits per heavy atom. The van der Waals surface area contributed by atoms with Gasteiger partial charge < -0.3 is 9.47 Å². The normalized spacial score (nSPS) is 15.3. The maximum absolute atomic E-state index is 12.8. The van der Waals surface area contributed by atoms with Crippen LogP contribution in [0.5, 0.6) is 0 Å². The number of nitrogens with zero attached hydrogens (tertiary/aromatic N) is 8. The highest BCUT2D eigenvalue weighted by molar-refractivity contribution is 5.79. The van der Waals surface area contributed by atoms with Gasteiger partial charge in [0.25, 0.3) is 5.56 Å². The summed E-state index contributed by atoms with van der Waals surface area (Å²) in [5.74, 6) is -0.0630. The molecule has 0 atom stereocenters. The van der Waals surface area contributed by atoms with Crippen LogP contribution in [0.25, 0.3) is 11.2 Å². The summed E-state index contributed by atoms with van der Waals surface area (Å²) in [6.07, 6.45) is 5.15. The molecule has 3 aromatic rings. The van der Waals surface area contributed by atoms with Crippen molar-refractivity contribution in [2.45, 2.75) is 13.1 Å². The lowest BCUT2D eigenvalue weighted by atomic mass is 10.3. The molecule has 0 aliphatic carbocycles. The maximum Gasteiger partial charge on any atom is 0.332 e. The van der Waals surface area contributed by atoms with E-state index in [2.05, 4.69) is 15.0 Å². The third kappa shape index (κ3) is 3.60. The van der Waals surface area contributed by atoms with Crippen molar-refractivity contribution in [2.75, 3.05) is 32.7 Å². The summed E-state index contributed by atoms with van der Waals surface area (Å²) in [4.78, 5) is 45.6. The first kappa shape index (κ1) is 19.1. The molecule has 0 N–H and O–H groups in total. The summed E-state index contributed by atoms with van der Waals surface area (Å²) < 4.78 is 5.78. The lowest BCUT2D eigenvalue weighted by Gasteiger charge is -2.34. The Hall–Kier alpha value is -3.21. The van der Waals surface area contributed by atoms with Gasteiger partial charge in [-0.05, 0) is 6.07 Å². The van der Waals surface area contributed by atoms with Crippen molar-refractivity contribution >= 4 is 17.1 Å². The summed E-state index contributed by atoms with van der Waals surface area (Å²) in [5, 5.41) is 4.20. The molecule has 11 heteroatoms. The maximum atomic E-state index is 12.8. The number of carbonyl (C=O) groups excluding carboxylic acids is 1. The molecule has 11 nitrogen and oxygen atoms in total. The van der Waals surface area contributed by atoms with E-state index in [0.29, 0.717) is 13.1 Å². The quantitative estimate of drug-likeness (QED) is 0.515. The van der Waals surface area contributed by atoms with Crippen molar-refractivity contribution in [1.29, 1.82) is 0 Å². The Morgan fingerprint density at radius 2 is 1.83 bits per heavy atom. The minimum absolute atomic E-state index is 0.0250. The highest BCUT2D eigenvalue weighted by Crippen LogP contribution is 2.08. The number of hydrogen-bond acceptors (Lipinski definition) is 6. The summed E-state index contributed by atoms with van der Waals surface area (Å²) in [7, 11) is 2.98. The fraction of sp³-hybridized carbons (Fsp3) is 0.500. The third-order valence-corrected chi connectivity index (χ3v) is 5.45. The smallest absolute Gasteiger partial charge is 0.332 e. The number of rotatable bonds is 5. The lowest BCUT2D eigenvalue weighted by molar-refractivity contribution is -0.133. The minimum atomic E-state index is -0.447. The molecule has 1 aliphatic rings. The number of aryl methyl sites for hydroxylation is 1. The summed E-state index contributed by atoms with van der Waals surface area (Å²) >= 11 is 0. The van der Waals surface area contributed by atoms with Gasteiger partial charge in [0.2, 0.25) is 5.91 Å². The molecule has 0 radical (unpaired) electrons. The van der Waals surface area contributed by atoms with Gasteiger partial charge in [0.1, 0.15) is 6.54 Å². The fourth-order valence-electron chi connectivity index (χ4n) is 3.66. The topological polar surface area (TPSA) is 103 Å². The second-order valence-electron chi connectivity index (χ2n) is 7.24. The molecule has 0 saturated carbocycles. The van der Waals surface area contributed by atoms with E-state index in [4.69, 9.17) is 0 Å². The van der Waals surface area contributed by atoms with E-state index in [0.717, 1.165) is 30.7 Å². The van der Waals surface area contributed by atoms with Crippen LogP contribution in [0.2, 0.25) is 0 Å². The molecule has 1 saturated heterocycles. The van der Waals surface area contributed by atoms with E-state index < -0.39 is 11.2 Å². The second kappa shape index (κ2) is 7.66. The largest absolute Gasteiger partial charge is 0.339 e. The number of imidazole rings is 1. The molecule has 0 spiro atoms. The Morgan fingerprint density at radius 1 is 1.07 bits per heavy atom. The predicted octanol–water partition coefficient (Wildman–Crippen LogP) is -1.53. The third-order valence-electron chi connectivity index (χ3n) is 5.45. The average molecular weight is 400 g/mol. The minimum Gasteiger partial charge on any atom is -0.339 e. The van der Waals surface area contributed by atoms with E-state index >= 15 is 0 Å².